The molecule has 2 aromatic rings. The van der Waals surface area contributed by atoms with E-state index in [2.05, 4.69) is 15.1 Å². The predicted octanol–water partition coefficient (Wildman–Crippen LogP) is -0.126. The maximum atomic E-state index is 13.1. The molecule has 6 nitrogen and oxygen atoms in total. The molecule has 0 spiro atoms. The summed E-state index contributed by atoms with van der Waals surface area (Å²) in [6, 6.07) is 0.111. The number of nitrogens with one attached hydrogen (secondary N) is 1. The van der Waals surface area contributed by atoms with E-state index < -0.39 is 11.4 Å². The molecular formula is C7H7FN4O2. The maximum absolute atomic E-state index is 13.1. The Hall–Kier alpha value is -1.92. The highest BCUT2D eigenvalue weighted by Gasteiger charge is 2.12. The largest absolute Gasteiger partial charge is 0.467 e. The minimum atomic E-state index is -0.895. The van der Waals surface area contributed by atoms with E-state index in [0.717, 1.165) is 4.52 Å². The molecule has 7 heteroatoms. The predicted molar refractivity (Wildman–Crippen MR) is 44.9 cm³/mol. The van der Waals surface area contributed by atoms with E-state index in [1.807, 2.05) is 0 Å². The van der Waals surface area contributed by atoms with Crippen molar-refractivity contribution in [2.24, 2.45) is 0 Å². The van der Waals surface area contributed by atoms with E-state index in [9.17, 15) is 9.18 Å². The van der Waals surface area contributed by atoms with Crippen molar-refractivity contribution in [2.75, 3.05) is 7.11 Å². The first-order valence-corrected chi connectivity index (χ1v) is 3.82. The second-order valence-electron chi connectivity index (χ2n) is 2.68. The van der Waals surface area contributed by atoms with Gasteiger partial charge in [0.25, 0.3) is 5.78 Å². The molecule has 0 atom stereocenters. The lowest BCUT2D eigenvalue weighted by atomic mass is 10.4. The van der Waals surface area contributed by atoms with E-state index in [0.29, 0.717) is 0 Å². The quantitative estimate of drug-likeness (QED) is 0.693. The molecule has 0 aromatic carbocycles. The summed E-state index contributed by atoms with van der Waals surface area (Å²) in [5.74, 6) is -0.806. The number of methoxy groups -OCH3 is 1. The van der Waals surface area contributed by atoms with Crippen LogP contribution < -0.4 is 10.3 Å². The summed E-state index contributed by atoms with van der Waals surface area (Å²) in [4.78, 5) is 18.9. The van der Waals surface area contributed by atoms with Gasteiger partial charge in [-0.2, -0.15) is 13.9 Å². The Bertz CT molecular complexity index is 544. The van der Waals surface area contributed by atoms with Gasteiger partial charge in [0.05, 0.1) is 12.8 Å². The van der Waals surface area contributed by atoms with Gasteiger partial charge in [0.15, 0.2) is 0 Å². The molecule has 0 aliphatic carbocycles. The number of aromatic amines is 1. The Morgan fingerprint density at radius 1 is 1.50 bits per heavy atom. The van der Waals surface area contributed by atoms with E-state index >= 15 is 0 Å². The third-order valence-corrected chi connectivity index (χ3v) is 1.78. The lowest BCUT2D eigenvalue weighted by molar-refractivity contribution is 0.380. The van der Waals surface area contributed by atoms with Crippen molar-refractivity contribution in [3.8, 4) is 6.01 Å². The SMILES string of the molecule is COc1nc2nc(C)c(F)c(=O)n2[nH]1. The molecule has 0 fully saturated rings. The third-order valence-electron chi connectivity index (χ3n) is 1.78. The Balaban J connectivity index is 2.88. The normalized spacial score (nSPS) is 10.8. The summed E-state index contributed by atoms with van der Waals surface area (Å²) in [6.45, 7) is 1.40. The summed E-state index contributed by atoms with van der Waals surface area (Å²) < 4.78 is 18.7. The minimum Gasteiger partial charge on any atom is -0.467 e. The maximum Gasteiger partial charge on any atom is 0.312 e. The first kappa shape index (κ1) is 8.67. The lowest BCUT2D eigenvalue weighted by Gasteiger charge is -1.93. The highest BCUT2D eigenvalue weighted by atomic mass is 19.1. The number of rotatable bonds is 1. The van der Waals surface area contributed by atoms with Crippen molar-refractivity contribution < 1.29 is 9.13 Å². The Labute approximate surface area is 77.3 Å². The van der Waals surface area contributed by atoms with Crippen LogP contribution in [0.2, 0.25) is 0 Å². The fourth-order valence-corrected chi connectivity index (χ4v) is 1.07. The topological polar surface area (TPSA) is 72.3 Å². The number of ether oxygens (including phenoxy) is 1. The second-order valence-corrected chi connectivity index (χ2v) is 2.68. The van der Waals surface area contributed by atoms with Gasteiger partial charge in [-0.05, 0) is 6.92 Å². The van der Waals surface area contributed by atoms with Gasteiger partial charge < -0.3 is 4.74 Å². The van der Waals surface area contributed by atoms with Crippen LogP contribution in [-0.4, -0.2) is 26.7 Å². The van der Waals surface area contributed by atoms with Crippen LogP contribution >= 0.6 is 0 Å². The Morgan fingerprint density at radius 3 is 2.86 bits per heavy atom. The highest BCUT2D eigenvalue weighted by Crippen LogP contribution is 2.04. The van der Waals surface area contributed by atoms with Gasteiger partial charge in [-0.25, -0.2) is 10.1 Å². The van der Waals surface area contributed by atoms with Gasteiger partial charge in [0.2, 0.25) is 5.82 Å². The van der Waals surface area contributed by atoms with Crippen molar-refractivity contribution in [3.05, 3.63) is 21.9 Å². The van der Waals surface area contributed by atoms with E-state index in [4.69, 9.17) is 4.74 Å². The highest BCUT2D eigenvalue weighted by molar-refractivity contribution is 5.29. The van der Waals surface area contributed by atoms with Crippen molar-refractivity contribution in [1.29, 1.82) is 0 Å². The minimum absolute atomic E-state index is 0.0177. The monoisotopic (exact) mass is 198 g/mol. The number of fused-ring (bicyclic) bond motifs is 1. The number of hydrogen-bond acceptors (Lipinski definition) is 4. The molecule has 74 valence electrons. The molecule has 2 heterocycles. The van der Waals surface area contributed by atoms with Crippen LogP contribution in [0, 0.1) is 12.7 Å². The van der Waals surface area contributed by atoms with Crippen LogP contribution in [0.25, 0.3) is 5.78 Å². The lowest BCUT2D eigenvalue weighted by Crippen LogP contribution is -2.20. The molecule has 2 aromatic heterocycles. The van der Waals surface area contributed by atoms with Crippen LogP contribution in [0.15, 0.2) is 4.79 Å². The average Bonchev–Trinajstić information content (AvgIpc) is 2.57. The standard InChI is InChI=1S/C7H7FN4O2/c1-3-4(8)5(13)12-6(9-3)10-7(11-12)14-2/h1-2H3,(H,9,10,11). The third kappa shape index (κ3) is 1.05. The van der Waals surface area contributed by atoms with Gasteiger partial charge in [-0.1, -0.05) is 0 Å². The Kier molecular flexibility index (Phi) is 1.73. The van der Waals surface area contributed by atoms with Crippen molar-refractivity contribution in [3.63, 3.8) is 0 Å². The average molecular weight is 198 g/mol. The second kappa shape index (κ2) is 2.79. The molecule has 0 amide bonds. The molecule has 0 aliphatic rings. The molecule has 0 bridgehead atoms. The fourth-order valence-electron chi connectivity index (χ4n) is 1.07. The van der Waals surface area contributed by atoms with E-state index in [1.165, 1.54) is 14.0 Å². The first-order chi connectivity index (χ1) is 6.63. The Morgan fingerprint density at radius 2 is 2.21 bits per heavy atom. The zero-order chi connectivity index (χ0) is 10.3. The molecule has 2 rings (SSSR count). The molecule has 0 aliphatic heterocycles. The molecule has 0 saturated carbocycles. The zero-order valence-corrected chi connectivity index (χ0v) is 7.54. The van der Waals surface area contributed by atoms with Gasteiger partial charge in [0, 0.05) is 0 Å². The summed E-state index contributed by atoms with van der Waals surface area (Å²) in [5.41, 5.74) is -0.799. The zero-order valence-electron chi connectivity index (χ0n) is 7.54. The summed E-state index contributed by atoms with van der Waals surface area (Å²) >= 11 is 0. The number of aromatic nitrogens is 4. The molecule has 0 radical (unpaired) electrons. The van der Waals surface area contributed by atoms with Crippen molar-refractivity contribution >= 4 is 5.78 Å². The summed E-state index contributed by atoms with van der Waals surface area (Å²) in [6.07, 6.45) is 0. The number of nitrogens with zero attached hydrogens (tertiary/aromatic N) is 3. The van der Waals surface area contributed by atoms with Gasteiger partial charge in [-0.3, -0.25) is 4.79 Å². The number of hydrogen-bond donors (Lipinski definition) is 1. The smallest absolute Gasteiger partial charge is 0.312 e. The fraction of sp³-hybridized carbons (Fsp3) is 0.286. The number of H-pyrrole nitrogens is 1. The molecule has 14 heavy (non-hydrogen) atoms. The molecule has 0 unspecified atom stereocenters. The van der Waals surface area contributed by atoms with Crippen LogP contribution in [-0.2, 0) is 0 Å². The van der Waals surface area contributed by atoms with Gasteiger partial charge >= 0.3 is 11.6 Å². The number of aryl methyl sites for hydroxylation is 1. The summed E-state index contributed by atoms with van der Waals surface area (Å²) in [7, 11) is 1.38. The molecular weight excluding hydrogens is 191 g/mol. The van der Waals surface area contributed by atoms with Gasteiger partial charge in [0.1, 0.15) is 0 Å². The first-order valence-electron chi connectivity index (χ1n) is 3.82. The van der Waals surface area contributed by atoms with Crippen LogP contribution in [0.1, 0.15) is 5.69 Å². The van der Waals surface area contributed by atoms with Gasteiger partial charge in [-0.15, -0.1) is 0 Å². The van der Waals surface area contributed by atoms with Crippen LogP contribution in [0.4, 0.5) is 4.39 Å². The van der Waals surface area contributed by atoms with E-state index in [-0.39, 0.29) is 17.5 Å². The van der Waals surface area contributed by atoms with Crippen LogP contribution in [0.3, 0.4) is 0 Å². The summed E-state index contributed by atoms with van der Waals surface area (Å²) in [5, 5.41) is 2.45. The molecule has 1 N–H and O–H groups in total. The molecule has 0 saturated heterocycles. The van der Waals surface area contributed by atoms with Crippen molar-refractivity contribution in [1.82, 2.24) is 19.6 Å². The van der Waals surface area contributed by atoms with Crippen molar-refractivity contribution in [2.45, 2.75) is 6.92 Å². The number of halogens is 1. The van der Waals surface area contributed by atoms with Crippen LogP contribution in [0.5, 0.6) is 6.01 Å². The van der Waals surface area contributed by atoms with E-state index in [1.54, 1.807) is 0 Å².